The van der Waals surface area contributed by atoms with E-state index in [9.17, 15) is 0 Å². The summed E-state index contributed by atoms with van der Waals surface area (Å²) >= 11 is 0. The molecule has 1 aliphatic rings. The molecule has 0 saturated carbocycles. The maximum atomic E-state index is 8.70. The lowest BCUT2D eigenvalue weighted by Crippen LogP contribution is -2.32. The van der Waals surface area contributed by atoms with Gasteiger partial charge in [0.05, 0.1) is 0 Å². The first kappa shape index (κ1) is 12.6. The Labute approximate surface area is 103 Å². The molecule has 0 fully saturated rings. The fourth-order valence-corrected chi connectivity index (χ4v) is 2.27. The quantitative estimate of drug-likeness (QED) is 0.671. The molecule has 0 aliphatic carbocycles. The van der Waals surface area contributed by atoms with E-state index in [1.165, 1.54) is 16.7 Å². The van der Waals surface area contributed by atoms with Crippen molar-refractivity contribution in [1.82, 2.24) is 10.6 Å². The van der Waals surface area contributed by atoms with Gasteiger partial charge in [0.25, 0.3) is 0 Å². The van der Waals surface area contributed by atoms with Crippen molar-refractivity contribution in [2.45, 2.75) is 38.9 Å². The molecule has 3 N–H and O–H groups in total. The molecule has 3 nitrogen and oxygen atoms in total. The van der Waals surface area contributed by atoms with Crippen molar-refractivity contribution >= 4 is 0 Å². The molecule has 0 radical (unpaired) electrons. The van der Waals surface area contributed by atoms with E-state index >= 15 is 0 Å². The van der Waals surface area contributed by atoms with E-state index in [1.807, 2.05) is 0 Å². The standard InChI is InChI=1S/C14H22N2O/c1-11-7-14-8-12(9-15-5-2-6-17)3-4-13(14)10-16-11/h3-4,8,11,15-17H,2,5-7,9-10H2,1H3. The van der Waals surface area contributed by atoms with Crippen LogP contribution in [0.3, 0.4) is 0 Å². The highest BCUT2D eigenvalue weighted by Crippen LogP contribution is 2.18. The number of hydrogen-bond acceptors (Lipinski definition) is 3. The summed E-state index contributed by atoms with van der Waals surface area (Å²) in [7, 11) is 0. The van der Waals surface area contributed by atoms with Crippen molar-refractivity contribution in [2.24, 2.45) is 0 Å². The minimum absolute atomic E-state index is 0.264. The first-order valence-electron chi connectivity index (χ1n) is 6.45. The summed E-state index contributed by atoms with van der Waals surface area (Å²) in [6, 6.07) is 7.33. The van der Waals surface area contributed by atoms with Crippen LogP contribution in [0.5, 0.6) is 0 Å². The molecule has 1 aromatic rings. The van der Waals surface area contributed by atoms with Gasteiger partial charge in [-0.3, -0.25) is 0 Å². The van der Waals surface area contributed by atoms with E-state index in [4.69, 9.17) is 5.11 Å². The van der Waals surface area contributed by atoms with Gasteiger partial charge in [0, 0.05) is 25.7 Å². The van der Waals surface area contributed by atoms with Crippen LogP contribution in [0.2, 0.25) is 0 Å². The van der Waals surface area contributed by atoms with Gasteiger partial charge in [-0.15, -0.1) is 0 Å². The molecule has 3 heteroatoms. The van der Waals surface area contributed by atoms with E-state index in [0.717, 1.165) is 32.5 Å². The summed E-state index contributed by atoms with van der Waals surface area (Å²) in [5.41, 5.74) is 4.26. The van der Waals surface area contributed by atoms with Crippen LogP contribution in [0.25, 0.3) is 0 Å². The van der Waals surface area contributed by atoms with Gasteiger partial charge in [-0.05, 0) is 43.0 Å². The smallest absolute Gasteiger partial charge is 0.0443 e. The summed E-state index contributed by atoms with van der Waals surface area (Å²) < 4.78 is 0. The van der Waals surface area contributed by atoms with Crippen LogP contribution < -0.4 is 10.6 Å². The predicted molar refractivity (Wildman–Crippen MR) is 69.9 cm³/mol. The second-order valence-electron chi connectivity index (χ2n) is 4.84. The Balaban J connectivity index is 1.93. The average Bonchev–Trinajstić information content (AvgIpc) is 2.34. The van der Waals surface area contributed by atoms with Gasteiger partial charge in [-0.2, -0.15) is 0 Å². The van der Waals surface area contributed by atoms with Gasteiger partial charge in [-0.1, -0.05) is 18.2 Å². The maximum absolute atomic E-state index is 8.70. The Kier molecular flexibility index (Phi) is 4.54. The van der Waals surface area contributed by atoms with Gasteiger partial charge in [-0.25, -0.2) is 0 Å². The van der Waals surface area contributed by atoms with Gasteiger partial charge in [0.15, 0.2) is 0 Å². The van der Waals surface area contributed by atoms with Crippen molar-refractivity contribution < 1.29 is 5.11 Å². The van der Waals surface area contributed by atoms with E-state index in [1.54, 1.807) is 0 Å². The second-order valence-corrected chi connectivity index (χ2v) is 4.84. The first-order valence-corrected chi connectivity index (χ1v) is 6.45. The van der Waals surface area contributed by atoms with Crippen LogP contribution in [0.1, 0.15) is 30.0 Å². The molecule has 1 aromatic carbocycles. The lowest BCUT2D eigenvalue weighted by Gasteiger charge is -2.23. The zero-order valence-corrected chi connectivity index (χ0v) is 10.5. The third kappa shape index (κ3) is 3.53. The van der Waals surface area contributed by atoms with Crippen LogP contribution in [-0.2, 0) is 19.5 Å². The highest BCUT2D eigenvalue weighted by atomic mass is 16.3. The molecule has 0 bridgehead atoms. The van der Waals surface area contributed by atoms with Crippen LogP contribution in [0, 0.1) is 0 Å². The maximum Gasteiger partial charge on any atom is 0.0443 e. The molecule has 17 heavy (non-hydrogen) atoms. The van der Waals surface area contributed by atoms with Crippen LogP contribution in [0.15, 0.2) is 18.2 Å². The summed E-state index contributed by atoms with van der Waals surface area (Å²) in [6.07, 6.45) is 1.95. The lowest BCUT2D eigenvalue weighted by molar-refractivity contribution is 0.286. The van der Waals surface area contributed by atoms with Gasteiger partial charge < -0.3 is 15.7 Å². The third-order valence-corrected chi connectivity index (χ3v) is 3.28. The summed E-state index contributed by atoms with van der Waals surface area (Å²) in [4.78, 5) is 0. The lowest BCUT2D eigenvalue weighted by atomic mass is 9.95. The van der Waals surface area contributed by atoms with Gasteiger partial charge in [0.2, 0.25) is 0 Å². The molecule has 0 saturated heterocycles. The van der Waals surface area contributed by atoms with Crippen LogP contribution in [-0.4, -0.2) is 24.3 Å². The van der Waals surface area contributed by atoms with E-state index < -0.39 is 0 Å². The van der Waals surface area contributed by atoms with Crippen molar-refractivity contribution in [3.63, 3.8) is 0 Å². The molecule has 0 aromatic heterocycles. The zero-order valence-electron chi connectivity index (χ0n) is 10.5. The molecule has 1 unspecified atom stereocenters. The Morgan fingerprint density at radius 1 is 1.41 bits per heavy atom. The van der Waals surface area contributed by atoms with Gasteiger partial charge >= 0.3 is 0 Å². The number of benzene rings is 1. The molecular weight excluding hydrogens is 212 g/mol. The van der Waals surface area contributed by atoms with Crippen LogP contribution >= 0.6 is 0 Å². The molecule has 94 valence electrons. The molecule has 0 spiro atoms. The number of fused-ring (bicyclic) bond motifs is 1. The minimum Gasteiger partial charge on any atom is -0.396 e. The highest BCUT2D eigenvalue weighted by molar-refractivity contribution is 5.34. The fraction of sp³-hybridized carbons (Fsp3) is 0.571. The Bertz CT molecular complexity index is 365. The molecule has 1 heterocycles. The van der Waals surface area contributed by atoms with Crippen molar-refractivity contribution in [3.05, 3.63) is 34.9 Å². The summed E-state index contributed by atoms with van der Waals surface area (Å²) in [6.45, 7) is 5.27. The zero-order chi connectivity index (χ0) is 12.1. The highest BCUT2D eigenvalue weighted by Gasteiger charge is 2.13. The second kappa shape index (κ2) is 6.15. The molecule has 1 atom stereocenters. The predicted octanol–water partition coefficient (Wildman–Crippen LogP) is 1.19. The SMILES string of the molecule is CC1Cc2cc(CNCCCO)ccc2CN1. The number of aliphatic hydroxyl groups is 1. The molecule has 1 aliphatic heterocycles. The minimum atomic E-state index is 0.264. The van der Waals surface area contributed by atoms with Gasteiger partial charge in [0.1, 0.15) is 0 Å². The summed E-state index contributed by atoms with van der Waals surface area (Å²) in [5.74, 6) is 0. The van der Waals surface area contributed by atoms with Crippen molar-refractivity contribution in [2.75, 3.05) is 13.2 Å². The largest absolute Gasteiger partial charge is 0.396 e. The van der Waals surface area contributed by atoms with Crippen LogP contribution in [0.4, 0.5) is 0 Å². The van der Waals surface area contributed by atoms with Crippen molar-refractivity contribution in [3.8, 4) is 0 Å². The Hall–Kier alpha value is -0.900. The topological polar surface area (TPSA) is 44.3 Å². The Morgan fingerprint density at radius 2 is 2.29 bits per heavy atom. The third-order valence-electron chi connectivity index (χ3n) is 3.28. The normalized spacial score (nSPS) is 19.1. The van der Waals surface area contributed by atoms with E-state index in [-0.39, 0.29) is 6.61 Å². The number of aliphatic hydroxyl groups excluding tert-OH is 1. The Morgan fingerprint density at radius 3 is 3.12 bits per heavy atom. The number of hydrogen-bond donors (Lipinski definition) is 3. The van der Waals surface area contributed by atoms with E-state index in [2.05, 4.69) is 35.8 Å². The molecule has 0 amide bonds. The monoisotopic (exact) mass is 234 g/mol. The van der Waals surface area contributed by atoms with E-state index in [0.29, 0.717) is 6.04 Å². The summed E-state index contributed by atoms with van der Waals surface area (Å²) in [5, 5.41) is 15.5. The number of nitrogens with one attached hydrogen (secondary N) is 2. The number of rotatable bonds is 5. The van der Waals surface area contributed by atoms with Crippen molar-refractivity contribution in [1.29, 1.82) is 0 Å². The molecule has 2 rings (SSSR count). The molecular formula is C14H22N2O. The fourth-order valence-electron chi connectivity index (χ4n) is 2.27. The first-order chi connectivity index (χ1) is 8.29. The average molecular weight is 234 g/mol.